The van der Waals surface area contributed by atoms with E-state index in [-0.39, 0.29) is 30.5 Å². The average Bonchev–Trinajstić information content (AvgIpc) is 3.06. The van der Waals surface area contributed by atoms with E-state index < -0.39 is 42.5 Å². The predicted octanol–water partition coefficient (Wildman–Crippen LogP) is -0.653. The molecule has 160 valence electrons. The summed E-state index contributed by atoms with van der Waals surface area (Å²) in [6.45, 7) is 5.18. The number of aromatic nitrogens is 2. The Labute approximate surface area is 162 Å². The number of carbonyl (C=O) groups is 2. The van der Waals surface area contributed by atoms with Crippen LogP contribution in [0, 0.1) is 5.92 Å². The quantitative estimate of drug-likeness (QED) is 0.232. The minimum absolute atomic E-state index is 0.0469. The third-order valence-electron chi connectivity index (χ3n) is 4.10. The number of rotatable bonds is 11. The first-order valence-electron chi connectivity index (χ1n) is 9.03. The SMILES string of the molecule is CC(C)[C@H](N)c1noc([C@@H](NC(=O)N[C@@H](CCCC(N)O)C(=O)O)C(C)O)n1. The monoisotopic (exact) mass is 402 g/mol. The van der Waals surface area contributed by atoms with Gasteiger partial charge in [-0.25, -0.2) is 9.59 Å². The van der Waals surface area contributed by atoms with Crippen molar-refractivity contribution in [1.29, 1.82) is 0 Å². The smallest absolute Gasteiger partial charge is 0.326 e. The summed E-state index contributed by atoms with van der Waals surface area (Å²) >= 11 is 0. The standard InChI is InChI=1S/C16H30N6O6/c1-7(2)11(18)13-21-14(28-22-13)12(8(3)23)20-16(27)19-9(15(25)26)5-4-6-10(17)24/h7-12,23-24H,4-6,17-18H2,1-3H3,(H,25,26)(H2,19,20,27)/t8?,9-,10?,11-,12-/m0/s1. The fraction of sp³-hybridized carbons (Fsp3) is 0.750. The van der Waals surface area contributed by atoms with Gasteiger partial charge >= 0.3 is 12.0 Å². The number of aliphatic hydroxyl groups is 2. The second-order valence-corrected chi connectivity index (χ2v) is 6.99. The summed E-state index contributed by atoms with van der Waals surface area (Å²) in [6, 6.07) is -3.56. The molecular weight excluding hydrogens is 372 g/mol. The van der Waals surface area contributed by atoms with Crippen LogP contribution in [0.1, 0.15) is 63.8 Å². The number of carboxylic acid groups (broad SMARTS) is 1. The molecule has 9 N–H and O–H groups in total. The molecule has 1 heterocycles. The van der Waals surface area contributed by atoms with Crippen LogP contribution in [0.4, 0.5) is 4.79 Å². The third-order valence-corrected chi connectivity index (χ3v) is 4.10. The van der Waals surface area contributed by atoms with E-state index in [1.54, 1.807) is 0 Å². The topological polar surface area (TPSA) is 210 Å². The van der Waals surface area contributed by atoms with Gasteiger partial charge in [0.15, 0.2) is 5.82 Å². The molecule has 1 rings (SSSR count). The highest BCUT2D eigenvalue weighted by atomic mass is 16.5. The molecule has 5 atom stereocenters. The van der Waals surface area contributed by atoms with Crippen molar-refractivity contribution in [2.75, 3.05) is 0 Å². The fourth-order valence-corrected chi connectivity index (χ4v) is 2.33. The van der Waals surface area contributed by atoms with E-state index >= 15 is 0 Å². The van der Waals surface area contributed by atoms with Gasteiger partial charge in [-0.3, -0.25) is 0 Å². The van der Waals surface area contributed by atoms with Gasteiger partial charge < -0.3 is 41.9 Å². The molecule has 0 aliphatic rings. The maximum absolute atomic E-state index is 12.2. The number of aliphatic hydroxyl groups excluding tert-OH is 2. The van der Waals surface area contributed by atoms with Crippen LogP contribution >= 0.6 is 0 Å². The first-order valence-corrected chi connectivity index (χ1v) is 9.03. The molecular formula is C16H30N6O6. The number of carboxylic acids is 1. The summed E-state index contributed by atoms with van der Waals surface area (Å²) in [7, 11) is 0. The van der Waals surface area contributed by atoms with Gasteiger partial charge in [-0.2, -0.15) is 4.98 Å². The van der Waals surface area contributed by atoms with E-state index in [9.17, 15) is 19.8 Å². The summed E-state index contributed by atoms with van der Waals surface area (Å²) in [4.78, 5) is 27.6. The number of aliphatic carboxylic acids is 1. The van der Waals surface area contributed by atoms with Crippen LogP contribution in [0.3, 0.4) is 0 Å². The molecule has 0 radical (unpaired) electrons. The number of nitrogens with zero attached hydrogens (tertiary/aromatic N) is 2. The van der Waals surface area contributed by atoms with Crippen LogP contribution in [-0.2, 0) is 4.79 Å². The number of hydrogen-bond acceptors (Lipinski definition) is 9. The first kappa shape index (κ1) is 23.8. The zero-order valence-corrected chi connectivity index (χ0v) is 16.2. The van der Waals surface area contributed by atoms with E-state index in [1.807, 2.05) is 13.8 Å². The van der Waals surface area contributed by atoms with E-state index in [4.69, 9.17) is 21.1 Å². The molecule has 0 saturated carbocycles. The summed E-state index contributed by atoms with van der Waals surface area (Å²) in [5.41, 5.74) is 11.2. The minimum atomic E-state index is -1.24. The number of carbonyl (C=O) groups excluding carboxylic acids is 1. The van der Waals surface area contributed by atoms with Crippen molar-refractivity contribution in [1.82, 2.24) is 20.8 Å². The van der Waals surface area contributed by atoms with E-state index in [2.05, 4.69) is 20.8 Å². The zero-order chi connectivity index (χ0) is 21.4. The summed E-state index contributed by atoms with van der Waals surface area (Å²) in [6.07, 6.45) is -1.57. The largest absolute Gasteiger partial charge is 0.480 e. The molecule has 2 unspecified atom stereocenters. The van der Waals surface area contributed by atoms with Crippen molar-refractivity contribution in [3.05, 3.63) is 11.7 Å². The Balaban J connectivity index is 2.77. The van der Waals surface area contributed by atoms with Gasteiger partial charge in [0.05, 0.1) is 12.1 Å². The van der Waals surface area contributed by atoms with E-state index in [0.29, 0.717) is 6.42 Å². The molecule has 0 aliphatic carbocycles. The summed E-state index contributed by atoms with van der Waals surface area (Å²) < 4.78 is 5.10. The normalized spacial score (nSPS) is 16.9. The third kappa shape index (κ3) is 7.38. The number of nitrogens with two attached hydrogens (primary N) is 2. The highest BCUT2D eigenvalue weighted by Gasteiger charge is 2.29. The van der Waals surface area contributed by atoms with Gasteiger partial charge in [-0.15, -0.1) is 0 Å². The maximum Gasteiger partial charge on any atom is 0.326 e. The predicted molar refractivity (Wildman–Crippen MR) is 97.6 cm³/mol. The first-order chi connectivity index (χ1) is 13.0. The second kappa shape index (κ2) is 10.9. The van der Waals surface area contributed by atoms with Crippen LogP contribution in [0.2, 0.25) is 0 Å². The highest BCUT2D eigenvalue weighted by Crippen LogP contribution is 2.20. The molecule has 0 bridgehead atoms. The van der Waals surface area contributed by atoms with Crippen LogP contribution in [0.15, 0.2) is 4.52 Å². The van der Waals surface area contributed by atoms with Gasteiger partial charge in [-0.1, -0.05) is 19.0 Å². The van der Waals surface area contributed by atoms with Gasteiger partial charge in [0.1, 0.15) is 18.3 Å². The fourth-order valence-electron chi connectivity index (χ4n) is 2.33. The van der Waals surface area contributed by atoms with Crippen LogP contribution in [0.5, 0.6) is 0 Å². The minimum Gasteiger partial charge on any atom is -0.480 e. The lowest BCUT2D eigenvalue weighted by molar-refractivity contribution is -0.139. The van der Waals surface area contributed by atoms with Crippen molar-refractivity contribution in [3.8, 4) is 0 Å². The molecule has 1 aromatic rings. The molecule has 0 fully saturated rings. The zero-order valence-electron chi connectivity index (χ0n) is 16.2. The Morgan fingerprint density at radius 2 is 1.79 bits per heavy atom. The van der Waals surface area contributed by atoms with Gasteiger partial charge in [0.2, 0.25) is 0 Å². The van der Waals surface area contributed by atoms with Crippen LogP contribution in [0.25, 0.3) is 0 Å². The highest BCUT2D eigenvalue weighted by molar-refractivity contribution is 5.82. The average molecular weight is 402 g/mol. The molecule has 2 amide bonds. The van der Waals surface area contributed by atoms with E-state index in [0.717, 1.165) is 0 Å². The molecule has 0 saturated heterocycles. The Kier molecular flexibility index (Phi) is 9.25. The number of hydrogen-bond donors (Lipinski definition) is 7. The molecule has 12 nitrogen and oxygen atoms in total. The van der Waals surface area contributed by atoms with Crippen molar-refractivity contribution in [2.45, 2.75) is 70.5 Å². The van der Waals surface area contributed by atoms with Crippen LogP contribution < -0.4 is 22.1 Å². The van der Waals surface area contributed by atoms with Gasteiger partial charge in [-0.05, 0) is 32.1 Å². The van der Waals surface area contributed by atoms with Gasteiger partial charge in [0, 0.05) is 0 Å². The molecule has 28 heavy (non-hydrogen) atoms. The van der Waals surface area contributed by atoms with Gasteiger partial charge in [0.25, 0.3) is 5.89 Å². The van der Waals surface area contributed by atoms with Crippen molar-refractivity contribution < 1.29 is 29.4 Å². The van der Waals surface area contributed by atoms with Crippen molar-refractivity contribution in [2.24, 2.45) is 17.4 Å². The molecule has 0 aliphatic heterocycles. The van der Waals surface area contributed by atoms with Crippen LogP contribution in [-0.4, -0.2) is 55.8 Å². The Hall–Kier alpha value is -2.28. The molecule has 12 heteroatoms. The molecule has 0 aromatic carbocycles. The summed E-state index contributed by atoms with van der Waals surface area (Å²) in [5.74, 6) is -0.996. The number of amides is 2. The Morgan fingerprint density at radius 3 is 2.29 bits per heavy atom. The molecule has 1 aromatic heterocycles. The molecule has 0 spiro atoms. The second-order valence-electron chi connectivity index (χ2n) is 6.99. The Morgan fingerprint density at radius 1 is 1.14 bits per heavy atom. The lowest BCUT2D eigenvalue weighted by atomic mass is 10.1. The summed E-state index contributed by atoms with van der Waals surface area (Å²) in [5, 5.41) is 36.7. The number of nitrogens with one attached hydrogen (secondary N) is 2. The van der Waals surface area contributed by atoms with Crippen molar-refractivity contribution in [3.63, 3.8) is 0 Å². The maximum atomic E-state index is 12.2. The Bertz CT molecular complexity index is 635. The lowest BCUT2D eigenvalue weighted by Gasteiger charge is -2.20. The lowest BCUT2D eigenvalue weighted by Crippen LogP contribution is -2.48. The van der Waals surface area contributed by atoms with Crippen molar-refractivity contribution >= 4 is 12.0 Å². The van der Waals surface area contributed by atoms with E-state index in [1.165, 1.54) is 6.92 Å². The number of urea groups is 1.